The van der Waals surface area contributed by atoms with Gasteiger partial charge in [-0.2, -0.15) is 0 Å². The van der Waals surface area contributed by atoms with Crippen LogP contribution in [0.1, 0.15) is 31.0 Å². The lowest BCUT2D eigenvalue weighted by Crippen LogP contribution is -2.20. The molecule has 0 unspecified atom stereocenters. The minimum absolute atomic E-state index is 0.0284. The molecule has 1 aromatic heterocycles. The number of pyridine rings is 1. The zero-order valence-electron chi connectivity index (χ0n) is 16.6. The van der Waals surface area contributed by atoms with E-state index >= 15 is 0 Å². The summed E-state index contributed by atoms with van der Waals surface area (Å²) in [6.07, 6.45) is 2.51. The molecular weight excluding hydrogens is 386 g/mol. The number of carbonyl (C=O) groups excluding carboxylic acids is 1. The number of nitrogens with zero attached hydrogens (tertiary/aromatic N) is 1. The molecule has 0 aliphatic heterocycles. The number of hydrogen-bond donors (Lipinski definition) is 2. The first kappa shape index (κ1) is 20.8. The number of sulfonamides is 1. The molecule has 2 N–H and O–H groups in total. The number of hydrogen-bond acceptors (Lipinski definition) is 4. The molecule has 1 heterocycles. The molecule has 1 amide bonds. The number of amides is 1. The van der Waals surface area contributed by atoms with Gasteiger partial charge in [-0.1, -0.05) is 35.9 Å². The van der Waals surface area contributed by atoms with Crippen LogP contribution in [0.4, 0.5) is 5.69 Å². The summed E-state index contributed by atoms with van der Waals surface area (Å²) >= 11 is 0. The Labute approximate surface area is 171 Å². The number of aromatic nitrogens is 1. The van der Waals surface area contributed by atoms with Crippen molar-refractivity contribution in [2.45, 2.75) is 38.0 Å². The normalized spacial score (nSPS) is 11.4. The van der Waals surface area contributed by atoms with Gasteiger partial charge in [0.15, 0.2) is 0 Å². The van der Waals surface area contributed by atoms with E-state index in [0.717, 1.165) is 35.9 Å². The van der Waals surface area contributed by atoms with E-state index in [-0.39, 0.29) is 10.8 Å². The summed E-state index contributed by atoms with van der Waals surface area (Å²) in [7, 11) is -3.70. The van der Waals surface area contributed by atoms with Gasteiger partial charge in [-0.05, 0) is 50.5 Å². The van der Waals surface area contributed by atoms with Crippen LogP contribution in [0.2, 0.25) is 0 Å². The second kappa shape index (κ2) is 9.05. The molecule has 3 aromatic rings. The second-order valence-electron chi connectivity index (χ2n) is 7.04. The largest absolute Gasteiger partial charge is 0.356 e. The average Bonchev–Trinajstić information content (AvgIpc) is 2.68. The van der Waals surface area contributed by atoms with Crippen LogP contribution < -0.4 is 10.0 Å². The van der Waals surface area contributed by atoms with Crippen molar-refractivity contribution in [2.24, 2.45) is 0 Å². The smallest absolute Gasteiger partial charge is 0.261 e. The minimum atomic E-state index is -3.70. The lowest BCUT2D eigenvalue weighted by Gasteiger charge is -2.11. The Morgan fingerprint density at radius 2 is 1.76 bits per heavy atom. The van der Waals surface area contributed by atoms with Gasteiger partial charge in [0.2, 0.25) is 5.91 Å². The first-order chi connectivity index (χ1) is 13.8. The van der Waals surface area contributed by atoms with E-state index in [2.05, 4.69) is 15.0 Å². The Bertz CT molecular complexity index is 1110. The van der Waals surface area contributed by atoms with Gasteiger partial charge < -0.3 is 5.32 Å². The van der Waals surface area contributed by atoms with Crippen molar-refractivity contribution in [3.05, 3.63) is 65.9 Å². The average molecular weight is 412 g/mol. The van der Waals surface area contributed by atoms with Crippen LogP contribution >= 0.6 is 0 Å². The van der Waals surface area contributed by atoms with Gasteiger partial charge in [0.05, 0.1) is 16.1 Å². The third kappa shape index (κ3) is 5.54. The number of para-hydroxylation sites is 1. The second-order valence-corrected chi connectivity index (χ2v) is 8.72. The van der Waals surface area contributed by atoms with Crippen molar-refractivity contribution in [2.75, 3.05) is 11.3 Å². The van der Waals surface area contributed by atoms with Crippen molar-refractivity contribution in [1.82, 2.24) is 10.3 Å². The molecule has 7 heteroatoms. The van der Waals surface area contributed by atoms with Crippen LogP contribution in [-0.2, 0) is 21.2 Å². The SMILES string of the molecule is CC(=O)NCCCCc1ccc2cccc(NS(=O)(=O)c3ccc(C)cc3)c2n1. The minimum Gasteiger partial charge on any atom is -0.356 e. The lowest BCUT2D eigenvalue weighted by atomic mass is 10.1. The standard InChI is InChI=1S/C22H25N3O3S/c1-16-9-13-20(14-10-16)29(27,28)25-21-8-5-6-18-11-12-19(24-22(18)21)7-3-4-15-23-17(2)26/h5-6,8-14,25H,3-4,7,15H2,1-2H3,(H,23,26). The highest BCUT2D eigenvalue weighted by Gasteiger charge is 2.16. The number of benzene rings is 2. The molecule has 0 bridgehead atoms. The molecular formula is C22H25N3O3S. The van der Waals surface area contributed by atoms with E-state index in [9.17, 15) is 13.2 Å². The molecule has 6 nitrogen and oxygen atoms in total. The molecule has 0 saturated heterocycles. The number of aryl methyl sites for hydroxylation is 2. The molecule has 3 rings (SSSR count). The zero-order chi connectivity index (χ0) is 20.9. The Balaban J connectivity index is 1.79. The highest BCUT2D eigenvalue weighted by atomic mass is 32.2. The predicted molar refractivity (Wildman–Crippen MR) is 115 cm³/mol. The van der Waals surface area contributed by atoms with Crippen molar-refractivity contribution >= 4 is 32.5 Å². The van der Waals surface area contributed by atoms with Crippen LogP contribution in [0.15, 0.2) is 59.5 Å². The maximum Gasteiger partial charge on any atom is 0.261 e. The van der Waals surface area contributed by atoms with Gasteiger partial charge in [0, 0.05) is 24.5 Å². The topological polar surface area (TPSA) is 88.2 Å². The Morgan fingerprint density at radius 1 is 1.00 bits per heavy atom. The summed E-state index contributed by atoms with van der Waals surface area (Å²) in [4.78, 5) is 15.8. The van der Waals surface area contributed by atoms with E-state index in [1.54, 1.807) is 30.3 Å². The van der Waals surface area contributed by atoms with Gasteiger partial charge in [-0.3, -0.25) is 14.5 Å². The van der Waals surface area contributed by atoms with E-state index in [4.69, 9.17) is 0 Å². The fourth-order valence-corrected chi connectivity index (χ4v) is 4.09. The summed E-state index contributed by atoms with van der Waals surface area (Å²) in [6.45, 7) is 4.06. The summed E-state index contributed by atoms with van der Waals surface area (Å²) in [6, 6.07) is 16.1. The lowest BCUT2D eigenvalue weighted by molar-refractivity contribution is -0.118. The predicted octanol–water partition coefficient (Wildman–Crippen LogP) is 3.80. The van der Waals surface area contributed by atoms with Crippen molar-refractivity contribution in [3.8, 4) is 0 Å². The molecule has 0 radical (unpaired) electrons. The van der Waals surface area contributed by atoms with E-state index < -0.39 is 10.0 Å². The van der Waals surface area contributed by atoms with Crippen LogP contribution in [-0.4, -0.2) is 25.9 Å². The molecule has 29 heavy (non-hydrogen) atoms. The fraction of sp³-hybridized carbons (Fsp3) is 0.273. The monoisotopic (exact) mass is 411 g/mol. The third-order valence-electron chi connectivity index (χ3n) is 4.59. The van der Waals surface area contributed by atoms with E-state index in [1.807, 2.05) is 31.2 Å². The number of anilines is 1. The Kier molecular flexibility index (Phi) is 6.49. The van der Waals surface area contributed by atoms with Crippen molar-refractivity contribution in [1.29, 1.82) is 0 Å². The molecule has 2 aromatic carbocycles. The van der Waals surface area contributed by atoms with Crippen LogP contribution in [0.3, 0.4) is 0 Å². The molecule has 0 spiro atoms. The van der Waals surface area contributed by atoms with Gasteiger partial charge in [0.1, 0.15) is 0 Å². The summed E-state index contributed by atoms with van der Waals surface area (Å²) in [5.74, 6) is -0.0284. The molecule has 0 aliphatic rings. The quantitative estimate of drug-likeness (QED) is 0.552. The van der Waals surface area contributed by atoms with Crippen LogP contribution in [0, 0.1) is 6.92 Å². The molecule has 0 aliphatic carbocycles. The van der Waals surface area contributed by atoms with Gasteiger partial charge >= 0.3 is 0 Å². The Morgan fingerprint density at radius 3 is 2.48 bits per heavy atom. The van der Waals surface area contributed by atoms with E-state index in [0.29, 0.717) is 17.7 Å². The van der Waals surface area contributed by atoms with Crippen LogP contribution in [0.25, 0.3) is 10.9 Å². The van der Waals surface area contributed by atoms with E-state index in [1.165, 1.54) is 6.92 Å². The van der Waals surface area contributed by atoms with Gasteiger partial charge in [-0.25, -0.2) is 8.42 Å². The van der Waals surface area contributed by atoms with Gasteiger partial charge in [-0.15, -0.1) is 0 Å². The highest BCUT2D eigenvalue weighted by Crippen LogP contribution is 2.25. The first-order valence-corrected chi connectivity index (χ1v) is 11.1. The number of rotatable bonds is 8. The summed E-state index contributed by atoms with van der Waals surface area (Å²) in [5, 5.41) is 3.65. The number of nitrogens with one attached hydrogen (secondary N) is 2. The fourth-order valence-electron chi connectivity index (χ4n) is 3.03. The highest BCUT2D eigenvalue weighted by molar-refractivity contribution is 7.92. The molecule has 0 atom stereocenters. The zero-order valence-corrected chi connectivity index (χ0v) is 17.4. The number of fused-ring (bicyclic) bond motifs is 1. The number of carbonyl (C=O) groups is 1. The summed E-state index contributed by atoms with van der Waals surface area (Å²) in [5.41, 5.74) is 2.98. The Hall–Kier alpha value is -2.93. The van der Waals surface area contributed by atoms with Crippen molar-refractivity contribution in [3.63, 3.8) is 0 Å². The summed E-state index contributed by atoms with van der Waals surface area (Å²) < 4.78 is 28.2. The van der Waals surface area contributed by atoms with Crippen molar-refractivity contribution < 1.29 is 13.2 Å². The van der Waals surface area contributed by atoms with Gasteiger partial charge in [0.25, 0.3) is 10.0 Å². The molecule has 0 fully saturated rings. The first-order valence-electron chi connectivity index (χ1n) is 9.58. The third-order valence-corrected chi connectivity index (χ3v) is 5.97. The van der Waals surface area contributed by atoms with Crippen LogP contribution in [0.5, 0.6) is 0 Å². The maximum atomic E-state index is 12.8. The molecule has 152 valence electrons. The number of unbranched alkanes of at least 4 members (excludes halogenated alkanes) is 1. The maximum absolute atomic E-state index is 12.8. The molecule has 0 saturated carbocycles.